The van der Waals surface area contributed by atoms with E-state index in [1.807, 2.05) is 0 Å². The van der Waals surface area contributed by atoms with E-state index in [1.165, 1.54) is 0 Å². The van der Waals surface area contributed by atoms with E-state index < -0.39 is 54.6 Å². The third-order valence-electron chi connectivity index (χ3n) is 2.95. The maximum atomic E-state index is 11.3. The number of rotatable bonds is 5. The number of carbonyl (C=O) groups is 4. The minimum absolute atomic E-state index is 0.366. The van der Waals surface area contributed by atoms with Crippen LogP contribution in [-0.2, 0) is 42.9 Å². The number of hydrogen-bond donors (Lipinski definition) is 1. The molecule has 0 saturated carbocycles. The lowest BCUT2D eigenvalue weighted by Crippen LogP contribution is -2.62. The molecule has 0 amide bonds. The van der Waals surface area contributed by atoms with Gasteiger partial charge < -0.3 is 28.8 Å². The van der Waals surface area contributed by atoms with Crippen LogP contribution in [0.15, 0.2) is 0 Å². The average Bonchev–Trinajstić information content (AvgIpc) is 2.42. The fourth-order valence-corrected chi connectivity index (χ4v) is 2.15. The van der Waals surface area contributed by atoms with Gasteiger partial charge in [0.2, 0.25) is 6.29 Å². The van der Waals surface area contributed by atoms with Crippen LogP contribution >= 0.6 is 0 Å². The molecule has 0 aromatic heterocycles. The average molecular weight is 348 g/mol. The number of esters is 4. The molecule has 24 heavy (non-hydrogen) atoms. The summed E-state index contributed by atoms with van der Waals surface area (Å²) >= 11 is 0. The number of hydrogen-bond acceptors (Lipinski definition) is 10. The van der Waals surface area contributed by atoms with E-state index in [2.05, 4.69) is 0 Å². The van der Waals surface area contributed by atoms with Crippen LogP contribution in [-0.4, -0.2) is 66.3 Å². The molecule has 136 valence electrons. The van der Waals surface area contributed by atoms with Crippen LogP contribution in [0.3, 0.4) is 0 Å². The summed E-state index contributed by atoms with van der Waals surface area (Å²) in [6.07, 6.45) is -6.83. The van der Waals surface area contributed by atoms with Gasteiger partial charge in [-0.1, -0.05) is 0 Å². The summed E-state index contributed by atoms with van der Waals surface area (Å²) in [5, 5.41) is 10.2. The van der Waals surface area contributed by atoms with E-state index in [0.29, 0.717) is 0 Å². The topological polar surface area (TPSA) is 135 Å². The highest BCUT2D eigenvalue weighted by Crippen LogP contribution is 2.27. The first-order valence-corrected chi connectivity index (χ1v) is 7.10. The fraction of sp³-hybridized carbons (Fsp3) is 0.714. The Labute approximate surface area is 137 Å². The maximum Gasteiger partial charge on any atom is 0.305 e. The van der Waals surface area contributed by atoms with Crippen molar-refractivity contribution in [2.75, 3.05) is 6.61 Å². The van der Waals surface area contributed by atoms with Gasteiger partial charge in [-0.15, -0.1) is 0 Å². The minimum atomic E-state index is -1.60. The maximum absolute atomic E-state index is 11.3. The smallest absolute Gasteiger partial charge is 0.305 e. The molecular weight excluding hydrogens is 328 g/mol. The molecule has 1 rings (SSSR count). The molecule has 1 heterocycles. The van der Waals surface area contributed by atoms with Crippen LogP contribution in [0.1, 0.15) is 27.7 Å². The third kappa shape index (κ3) is 5.78. The van der Waals surface area contributed by atoms with E-state index in [-0.39, 0.29) is 6.61 Å². The quantitative estimate of drug-likeness (QED) is 0.490. The summed E-state index contributed by atoms with van der Waals surface area (Å²) in [5.41, 5.74) is 0. The van der Waals surface area contributed by atoms with Crippen LogP contribution < -0.4 is 0 Å². The van der Waals surface area contributed by atoms with Gasteiger partial charge in [0, 0.05) is 27.7 Å². The largest absolute Gasteiger partial charge is 0.463 e. The van der Waals surface area contributed by atoms with Gasteiger partial charge in [0.1, 0.15) is 12.7 Å². The van der Waals surface area contributed by atoms with Crippen LogP contribution in [0, 0.1) is 0 Å². The highest BCUT2D eigenvalue weighted by Gasteiger charge is 2.51. The van der Waals surface area contributed by atoms with Crippen LogP contribution in [0.2, 0.25) is 0 Å². The van der Waals surface area contributed by atoms with Crippen LogP contribution in [0.5, 0.6) is 0 Å². The highest BCUT2D eigenvalue weighted by molar-refractivity contribution is 5.68. The molecule has 10 nitrogen and oxygen atoms in total. The molecule has 1 fully saturated rings. The number of aliphatic hydroxyl groups excluding tert-OH is 1. The molecule has 0 aromatic rings. The Kier molecular flexibility index (Phi) is 7.11. The van der Waals surface area contributed by atoms with Crippen molar-refractivity contribution in [3.8, 4) is 0 Å². The molecule has 1 aliphatic rings. The van der Waals surface area contributed by atoms with Crippen molar-refractivity contribution in [3.63, 3.8) is 0 Å². The van der Waals surface area contributed by atoms with E-state index in [1.54, 1.807) is 0 Å². The summed E-state index contributed by atoms with van der Waals surface area (Å²) in [6, 6.07) is 0. The second-order valence-corrected chi connectivity index (χ2v) is 5.09. The van der Waals surface area contributed by atoms with Gasteiger partial charge in [-0.2, -0.15) is 0 Å². The Morgan fingerprint density at radius 2 is 1.33 bits per heavy atom. The molecular formula is C14H20O10. The number of aliphatic hydroxyl groups is 1. The van der Waals surface area contributed by atoms with Crippen molar-refractivity contribution in [1.82, 2.24) is 0 Å². The second-order valence-electron chi connectivity index (χ2n) is 5.09. The minimum Gasteiger partial charge on any atom is -0.463 e. The van der Waals surface area contributed by atoms with Gasteiger partial charge in [0.15, 0.2) is 18.3 Å². The Morgan fingerprint density at radius 1 is 0.833 bits per heavy atom. The lowest BCUT2D eigenvalue weighted by molar-refractivity contribution is -0.297. The Morgan fingerprint density at radius 3 is 1.79 bits per heavy atom. The first kappa shape index (κ1) is 19.8. The fourth-order valence-electron chi connectivity index (χ4n) is 2.15. The summed E-state index contributed by atoms with van der Waals surface area (Å²) < 4.78 is 25.0. The van der Waals surface area contributed by atoms with Crippen molar-refractivity contribution in [2.24, 2.45) is 0 Å². The van der Waals surface area contributed by atoms with Gasteiger partial charge in [-0.25, -0.2) is 0 Å². The molecule has 0 aromatic carbocycles. The standard InChI is InChI=1S/C14H20O10/c1-6(15)20-5-10-12(21-7(2)16)13(22-8(3)17)11(19)14(24-10)23-9(4)18/h10-14,19H,5H2,1-4H3/t10-,11-,12+,13-,14-/m1/s1. The van der Waals surface area contributed by atoms with Crippen molar-refractivity contribution >= 4 is 23.9 Å². The second kappa shape index (κ2) is 8.60. The monoisotopic (exact) mass is 348 g/mol. The summed E-state index contributed by atoms with van der Waals surface area (Å²) in [4.78, 5) is 44.7. The van der Waals surface area contributed by atoms with Gasteiger partial charge in [-0.3, -0.25) is 19.2 Å². The molecule has 0 radical (unpaired) electrons. The summed E-state index contributed by atoms with van der Waals surface area (Å²) in [6.45, 7) is 4.09. The number of carbonyl (C=O) groups excluding carboxylic acids is 4. The Hall–Kier alpha value is -2.20. The van der Waals surface area contributed by atoms with Crippen molar-refractivity contribution in [2.45, 2.75) is 58.4 Å². The molecule has 0 unspecified atom stereocenters. The summed E-state index contributed by atoms with van der Waals surface area (Å²) in [5.74, 6) is -2.87. The lowest BCUT2D eigenvalue weighted by Gasteiger charge is -2.42. The molecule has 0 aliphatic carbocycles. The number of ether oxygens (including phenoxy) is 5. The Bertz CT molecular complexity index is 486. The van der Waals surface area contributed by atoms with E-state index >= 15 is 0 Å². The van der Waals surface area contributed by atoms with Gasteiger partial charge >= 0.3 is 23.9 Å². The molecule has 5 atom stereocenters. The lowest BCUT2D eigenvalue weighted by atomic mass is 9.98. The molecule has 1 saturated heterocycles. The predicted octanol–water partition coefficient (Wildman–Crippen LogP) is -0.938. The van der Waals surface area contributed by atoms with Gasteiger partial charge in [0.05, 0.1) is 0 Å². The third-order valence-corrected chi connectivity index (χ3v) is 2.95. The van der Waals surface area contributed by atoms with Gasteiger partial charge in [0.25, 0.3) is 0 Å². The molecule has 0 spiro atoms. The molecule has 0 bridgehead atoms. The normalized spacial score (nSPS) is 29.3. The molecule has 1 N–H and O–H groups in total. The predicted molar refractivity (Wildman–Crippen MR) is 74.2 cm³/mol. The molecule has 10 heteroatoms. The molecule has 1 aliphatic heterocycles. The zero-order valence-electron chi connectivity index (χ0n) is 13.7. The first-order valence-electron chi connectivity index (χ1n) is 7.10. The zero-order valence-corrected chi connectivity index (χ0v) is 13.7. The first-order chi connectivity index (χ1) is 11.1. The van der Waals surface area contributed by atoms with Crippen molar-refractivity contribution in [1.29, 1.82) is 0 Å². The SMILES string of the molecule is CC(=O)OC[C@H]1O[C@@H](OC(C)=O)[C@H](O)[C@@H](OC(C)=O)[C@H]1OC(C)=O. The Balaban J connectivity index is 3.08. The van der Waals surface area contributed by atoms with Crippen molar-refractivity contribution in [3.05, 3.63) is 0 Å². The van der Waals surface area contributed by atoms with Crippen molar-refractivity contribution < 1.29 is 48.0 Å². The van der Waals surface area contributed by atoms with Crippen LogP contribution in [0.4, 0.5) is 0 Å². The zero-order chi connectivity index (χ0) is 18.4. The van der Waals surface area contributed by atoms with E-state index in [0.717, 1.165) is 27.7 Å². The van der Waals surface area contributed by atoms with Crippen LogP contribution in [0.25, 0.3) is 0 Å². The highest BCUT2D eigenvalue weighted by atomic mass is 16.7. The summed E-state index contributed by atoms with van der Waals surface area (Å²) in [7, 11) is 0. The van der Waals surface area contributed by atoms with E-state index in [4.69, 9.17) is 23.7 Å². The van der Waals surface area contributed by atoms with Gasteiger partial charge in [-0.05, 0) is 0 Å². The van der Waals surface area contributed by atoms with E-state index in [9.17, 15) is 24.3 Å².